The van der Waals surface area contributed by atoms with E-state index in [1.54, 1.807) is 6.08 Å². The van der Waals surface area contributed by atoms with Crippen LogP contribution in [0.25, 0.3) is 0 Å². The molecule has 0 saturated carbocycles. The lowest BCUT2D eigenvalue weighted by Gasteiger charge is -2.13. The molecule has 0 radical (unpaired) electrons. The molecule has 0 spiro atoms. The lowest BCUT2D eigenvalue weighted by Crippen LogP contribution is -2.36. The second-order valence-electron chi connectivity index (χ2n) is 1.56. The zero-order valence-corrected chi connectivity index (χ0v) is 5.62. The van der Waals surface area contributed by atoms with Crippen LogP contribution in [0.2, 0.25) is 0 Å². The van der Waals surface area contributed by atoms with Gasteiger partial charge in [0.15, 0.2) is 0 Å². The van der Waals surface area contributed by atoms with Crippen molar-refractivity contribution < 1.29 is 0 Å². The Morgan fingerprint density at radius 1 is 1.80 bits per heavy atom. The molecule has 0 heterocycles. The van der Waals surface area contributed by atoms with Crippen LogP contribution in [0.5, 0.6) is 0 Å². The molecule has 0 aliphatic heterocycles. The van der Waals surface area contributed by atoms with Crippen molar-refractivity contribution in [2.45, 2.75) is 0 Å². The second kappa shape index (κ2) is 4.37. The molecule has 0 aliphatic rings. The van der Waals surface area contributed by atoms with Gasteiger partial charge in [0.05, 0.1) is 6.34 Å². The number of hydrazone groups is 1. The summed E-state index contributed by atoms with van der Waals surface area (Å²) in [6.45, 7) is 3.91. The summed E-state index contributed by atoms with van der Waals surface area (Å²) >= 11 is 0. The van der Waals surface area contributed by atoms with Gasteiger partial charge in [-0.2, -0.15) is 0 Å². The van der Waals surface area contributed by atoms with E-state index >= 15 is 0 Å². The normalized spacial score (nSPS) is 10.6. The lowest BCUT2D eigenvalue weighted by molar-refractivity contribution is 0.682. The minimum Gasteiger partial charge on any atom is -0.368 e. The topological polar surface area (TPSA) is 91.5 Å². The quantitative estimate of drug-likeness (QED) is 0.159. The monoisotopic (exact) mass is 141 g/mol. The van der Waals surface area contributed by atoms with Crippen molar-refractivity contribution in [2.75, 3.05) is 6.54 Å². The number of hydrogen-bond donors (Lipinski definition) is 3. The Morgan fingerprint density at radius 2 is 2.40 bits per heavy atom. The van der Waals surface area contributed by atoms with Gasteiger partial charge in [-0.25, -0.2) is 0 Å². The lowest BCUT2D eigenvalue weighted by atomic mass is 10.5. The predicted molar refractivity (Wildman–Crippen MR) is 41.5 cm³/mol. The van der Waals surface area contributed by atoms with Crippen LogP contribution in [0, 0.1) is 5.41 Å². The Balaban J connectivity index is 4.05. The van der Waals surface area contributed by atoms with E-state index in [4.69, 9.17) is 17.0 Å². The molecule has 5 nitrogen and oxygen atoms in total. The highest BCUT2D eigenvalue weighted by Gasteiger charge is 1.99. The summed E-state index contributed by atoms with van der Waals surface area (Å²) < 4.78 is 0. The van der Waals surface area contributed by atoms with Crippen LogP contribution >= 0.6 is 0 Å². The van der Waals surface area contributed by atoms with E-state index in [0.717, 1.165) is 6.34 Å². The molecule has 0 aromatic carbocycles. The fourth-order valence-electron chi connectivity index (χ4n) is 0.426. The Labute approximate surface area is 59.5 Å². The smallest absolute Gasteiger partial charge is 0.218 e. The summed E-state index contributed by atoms with van der Waals surface area (Å²) in [5.74, 6) is 4.97. The van der Waals surface area contributed by atoms with Gasteiger partial charge in [-0.05, 0) is 0 Å². The van der Waals surface area contributed by atoms with Crippen LogP contribution in [0.1, 0.15) is 0 Å². The Kier molecular flexibility index (Phi) is 3.70. The molecule has 0 saturated heterocycles. The van der Waals surface area contributed by atoms with Gasteiger partial charge in [-0.1, -0.05) is 6.08 Å². The molecular formula is C5H11N5. The van der Waals surface area contributed by atoms with Crippen LogP contribution in [0.3, 0.4) is 0 Å². The maximum Gasteiger partial charge on any atom is 0.218 e. The highest BCUT2D eigenvalue weighted by atomic mass is 15.3. The standard InChI is InChI=1S/C5H11N5/c1-2-3-10(4-6)5(7)9-8/h2,4,6H,1,3,8H2,(H2,7,9). The molecule has 0 aliphatic carbocycles. The summed E-state index contributed by atoms with van der Waals surface area (Å²) in [6, 6.07) is 0. The number of nitrogens with zero attached hydrogens (tertiary/aromatic N) is 2. The van der Waals surface area contributed by atoms with Crippen molar-refractivity contribution in [1.82, 2.24) is 4.90 Å². The molecule has 0 amide bonds. The average molecular weight is 141 g/mol. The molecule has 5 heteroatoms. The number of nitrogens with two attached hydrogens (primary N) is 2. The number of hydrogen-bond acceptors (Lipinski definition) is 3. The molecule has 0 aromatic heterocycles. The van der Waals surface area contributed by atoms with E-state index in [0.29, 0.717) is 6.54 Å². The molecular weight excluding hydrogens is 130 g/mol. The fraction of sp³-hybridized carbons (Fsp3) is 0.200. The molecule has 0 rings (SSSR count). The van der Waals surface area contributed by atoms with E-state index in [9.17, 15) is 0 Å². The zero-order valence-electron chi connectivity index (χ0n) is 5.62. The van der Waals surface area contributed by atoms with Gasteiger partial charge in [-0.15, -0.1) is 11.7 Å². The van der Waals surface area contributed by atoms with Gasteiger partial charge in [0, 0.05) is 6.54 Å². The maximum atomic E-state index is 6.83. The predicted octanol–water partition coefficient (Wildman–Crippen LogP) is -0.730. The third-order valence-electron chi connectivity index (χ3n) is 0.908. The van der Waals surface area contributed by atoms with Crippen molar-refractivity contribution >= 4 is 12.3 Å². The van der Waals surface area contributed by atoms with Crippen LogP contribution < -0.4 is 11.6 Å². The summed E-state index contributed by atoms with van der Waals surface area (Å²) in [7, 11) is 0. The maximum absolute atomic E-state index is 6.83. The molecule has 56 valence electrons. The molecule has 0 fully saturated rings. The Hall–Kier alpha value is -1.52. The zero-order chi connectivity index (χ0) is 7.98. The van der Waals surface area contributed by atoms with E-state index in [1.807, 2.05) is 0 Å². The van der Waals surface area contributed by atoms with Gasteiger partial charge >= 0.3 is 0 Å². The summed E-state index contributed by atoms with van der Waals surface area (Å²) in [4.78, 5) is 1.35. The second-order valence-corrected chi connectivity index (χ2v) is 1.56. The summed E-state index contributed by atoms with van der Waals surface area (Å²) in [6.07, 6.45) is 2.64. The van der Waals surface area contributed by atoms with Crippen molar-refractivity contribution in [3.63, 3.8) is 0 Å². The van der Waals surface area contributed by atoms with Crippen molar-refractivity contribution in [1.29, 1.82) is 5.41 Å². The van der Waals surface area contributed by atoms with Gasteiger partial charge in [-0.3, -0.25) is 10.3 Å². The van der Waals surface area contributed by atoms with Gasteiger partial charge in [0.2, 0.25) is 5.96 Å². The van der Waals surface area contributed by atoms with Crippen LogP contribution in [0.15, 0.2) is 17.8 Å². The third-order valence-corrected chi connectivity index (χ3v) is 0.908. The first-order valence-corrected chi connectivity index (χ1v) is 2.67. The van der Waals surface area contributed by atoms with Gasteiger partial charge in [0.1, 0.15) is 0 Å². The van der Waals surface area contributed by atoms with E-state index in [2.05, 4.69) is 11.7 Å². The van der Waals surface area contributed by atoms with Crippen LogP contribution in [-0.2, 0) is 0 Å². The Bertz CT molecular complexity index is 150. The van der Waals surface area contributed by atoms with E-state index < -0.39 is 0 Å². The minimum atomic E-state index is 0.106. The first-order chi connectivity index (χ1) is 4.76. The molecule has 0 aromatic rings. The van der Waals surface area contributed by atoms with Gasteiger partial charge < -0.3 is 11.6 Å². The molecule has 0 atom stereocenters. The number of guanidine groups is 1. The summed E-state index contributed by atoms with van der Waals surface area (Å²) in [5, 5.41) is 10.0. The first-order valence-electron chi connectivity index (χ1n) is 2.67. The van der Waals surface area contributed by atoms with Crippen molar-refractivity contribution in [2.24, 2.45) is 16.7 Å². The van der Waals surface area contributed by atoms with Crippen molar-refractivity contribution in [3.05, 3.63) is 12.7 Å². The van der Waals surface area contributed by atoms with E-state index in [1.165, 1.54) is 4.90 Å². The van der Waals surface area contributed by atoms with Crippen molar-refractivity contribution in [3.8, 4) is 0 Å². The Morgan fingerprint density at radius 3 is 2.70 bits per heavy atom. The van der Waals surface area contributed by atoms with E-state index in [-0.39, 0.29) is 5.96 Å². The SMILES string of the molecule is C=CCN(C=N)C(N)=NN. The fourth-order valence-corrected chi connectivity index (χ4v) is 0.426. The average Bonchev–Trinajstić information content (AvgIpc) is 1.99. The highest BCUT2D eigenvalue weighted by Crippen LogP contribution is 1.80. The number of nitrogens with one attached hydrogen (secondary N) is 1. The first kappa shape index (κ1) is 8.48. The molecule has 0 bridgehead atoms. The minimum absolute atomic E-state index is 0.106. The highest BCUT2D eigenvalue weighted by molar-refractivity contribution is 5.88. The van der Waals surface area contributed by atoms with Crippen LogP contribution in [-0.4, -0.2) is 23.7 Å². The summed E-state index contributed by atoms with van der Waals surface area (Å²) in [5.41, 5.74) is 5.27. The molecule has 0 unspecified atom stereocenters. The third kappa shape index (κ3) is 2.17. The molecule has 10 heavy (non-hydrogen) atoms. The molecule has 5 N–H and O–H groups in total. The van der Waals surface area contributed by atoms with Gasteiger partial charge in [0.25, 0.3) is 0 Å². The number of rotatable bonds is 3. The largest absolute Gasteiger partial charge is 0.368 e. The van der Waals surface area contributed by atoms with Crippen LogP contribution in [0.4, 0.5) is 0 Å².